The van der Waals surface area contributed by atoms with E-state index in [4.69, 9.17) is 9.47 Å². The van der Waals surface area contributed by atoms with Crippen molar-refractivity contribution < 1.29 is 14.3 Å². The summed E-state index contributed by atoms with van der Waals surface area (Å²) in [7, 11) is 3.19. The van der Waals surface area contributed by atoms with Crippen LogP contribution in [0.5, 0.6) is 11.5 Å². The Morgan fingerprint density at radius 3 is 2.18 bits per heavy atom. The summed E-state index contributed by atoms with van der Waals surface area (Å²) in [5, 5.41) is 9.64. The van der Waals surface area contributed by atoms with E-state index in [0.717, 1.165) is 21.6 Å². The van der Waals surface area contributed by atoms with Gasteiger partial charge >= 0.3 is 0 Å². The normalized spacial score (nSPS) is 11.0. The number of nitrogens with zero attached hydrogens (tertiary/aromatic N) is 3. The van der Waals surface area contributed by atoms with E-state index in [0.29, 0.717) is 22.2 Å². The van der Waals surface area contributed by atoms with Gasteiger partial charge in [-0.2, -0.15) is 10.2 Å². The minimum Gasteiger partial charge on any atom is -0.497 e. The molecule has 0 saturated heterocycles. The average molecular weight is 442 g/mol. The van der Waals surface area contributed by atoms with Gasteiger partial charge in [0.1, 0.15) is 18.0 Å². The zero-order chi connectivity index (χ0) is 23.2. The summed E-state index contributed by atoms with van der Waals surface area (Å²) in [6.07, 6.45) is 1.51. The first-order valence-corrected chi connectivity index (χ1v) is 10.2. The average Bonchev–Trinajstić information content (AvgIpc) is 2.86. The molecule has 0 saturated carbocycles. The van der Waals surface area contributed by atoms with Gasteiger partial charge in [0.2, 0.25) is 0 Å². The Morgan fingerprint density at radius 2 is 1.55 bits per heavy atom. The molecule has 33 heavy (non-hydrogen) atoms. The van der Waals surface area contributed by atoms with Crippen molar-refractivity contribution in [2.24, 2.45) is 5.10 Å². The number of ether oxygens (including phenoxy) is 2. The zero-order valence-electron chi connectivity index (χ0n) is 18.2. The molecule has 0 aliphatic rings. The van der Waals surface area contributed by atoms with E-state index in [2.05, 4.69) is 15.6 Å². The van der Waals surface area contributed by atoms with E-state index in [1.807, 2.05) is 48.5 Å². The van der Waals surface area contributed by atoms with Crippen molar-refractivity contribution in [3.63, 3.8) is 0 Å². The predicted molar refractivity (Wildman–Crippen MR) is 127 cm³/mol. The molecule has 8 heteroatoms. The number of nitrogens with one attached hydrogen (secondary N) is 1. The van der Waals surface area contributed by atoms with Crippen LogP contribution in [0.15, 0.2) is 82.7 Å². The first-order valence-electron chi connectivity index (χ1n) is 10.2. The maximum atomic E-state index is 13.0. The van der Waals surface area contributed by atoms with Crippen LogP contribution in [0, 0.1) is 0 Å². The maximum Gasteiger partial charge on any atom is 0.275 e. The molecular weight excluding hydrogens is 420 g/mol. The van der Waals surface area contributed by atoms with Crippen molar-refractivity contribution in [3.8, 4) is 22.8 Å². The summed E-state index contributed by atoms with van der Waals surface area (Å²) in [5.74, 6) is 0.974. The second kappa shape index (κ2) is 9.78. The van der Waals surface area contributed by atoms with Crippen LogP contribution in [0.3, 0.4) is 0 Å². The van der Waals surface area contributed by atoms with Gasteiger partial charge in [-0.1, -0.05) is 18.2 Å². The van der Waals surface area contributed by atoms with Gasteiger partial charge in [-0.15, -0.1) is 0 Å². The summed E-state index contributed by atoms with van der Waals surface area (Å²) in [6.45, 7) is -0.271. The molecule has 166 valence electrons. The van der Waals surface area contributed by atoms with Crippen molar-refractivity contribution >= 4 is 22.9 Å². The number of hydrogen-bond acceptors (Lipinski definition) is 6. The number of aromatic nitrogens is 2. The molecule has 4 aromatic rings. The molecule has 0 fully saturated rings. The Bertz CT molecular complexity index is 1360. The molecule has 0 atom stereocenters. The lowest BCUT2D eigenvalue weighted by Crippen LogP contribution is -2.32. The molecule has 1 heterocycles. The summed E-state index contributed by atoms with van der Waals surface area (Å²) < 4.78 is 11.5. The van der Waals surface area contributed by atoms with Crippen molar-refractivity contribution in [2.45, 2.75) is 6.54 Å². The number of carbonyl (C=O) groups excluding carboxylic acids is 1. The van der Waals surface area contributed by atoms with Gasteiger partial charge in [-0.3, -0.25) is 9.59 Å². The lowest BCUT2D eigenvalue weighted by Gasteiger charge is -2.11. The van der Waals surface area contributed by atoms with Gasteiger partial charge in [0, 0.05) is 10.9 Å². The monoisotopic (exact) mass is 442 g/mol. The van der Waals surface area contributed by atoms with E-state index in [9.17, 15) is 9.59 Å². The number of hydrazone groups is 1. The third kappa shape index (κ3) is 4.90. The molecular formula is C25H22N4O4. The number of fused-ring (bicyclic) bond motifs is 1. The van der Waals surface area contributed by atoms with Gasteiger partial charge < -0.3 is 9.47 Å². The van der Waals surface area contributed by atoms with Crippen molar-refractivity contribution in [1.82, 2.24) is 15.2 Å². The van der Waals surface area contributed by atoms with Crippen LogP contribution in [0.2, 0.25) is 0 Å². The largest absolute Gasteiger partial charge is 0.497 e. The molecule has 0 aliphatic carbocycles. The Hall–Kier alpha value is -4.46. The first-order chi connectivity index (χ1) is 16.1. The van der Waals surface area contributed by atoms with Gasteiger partial charge in [-0.25, -0.2) is 10.1 Å². The quantitative estimate of drug-likeness (QED) is 0.350. The minimum absolute atomic E-state index is 0.271. The number of methoxy groups -OCH3 is 2. The van der Waals surface area contributed by atoms with Crippen LogP contribution < -0.4 is 20.5 Å². The highest BCUT2D eigenvalue weighted by atomic mass is 16.5. The molecule has 1 aromatic heterocycles. The van der Waals surface area contributed by atoms with Crippen LogP contribution in [0.4, 0.5) is 0 Å². The maximum absolute atomic E-state index is 13.0. The summed E-state index contributed by atoms with van der Waals surface area (Å²) >= 11 is 0. The minimum atomic E-state index is -0.467. The number of carbonyl (C=O) groups is 1. The SMILES string of the molecule is COc1ccc(/C=N/NC(=O)Cn2nc(-c3ccc(OC)cc3)c3ccccc3c2=O)cc1. The molecule has 0 bridgehead atoms. The summed E-state index contributed by atoms with van der Waals surface area (Å²) in [4.78, 5) is 25.4. The van der Waals surface area contributed by atoms with Crippen LogP contribution in [0.1, 0.15) is 5.56 Å². The van der Waals surface area contributed by atoms with Crippen LogP contribution in [-0.2, 0) is 11.3 Å². The lowest BCUT2D eigenvalue weighted by molar-refractivity contribution is -0.121. The molecule has 4 rings (SSSR count). The van der Waals surface area contributed by atoms with E-state index < -0.39 is 5.91 Å². The standard InChI is InChI=1S/C25H22N4O4/c1-32-19-11-7-17(8-12-19)15-26-27-23(30)16-29-25(31)22-6-4-3-5-21(22)24(28-29)18-9-13-20(33-2)14-10-18/h3-15H,16H2,1-2H3,(H,27,30)/b26-15+. The van der Waals surface area contributed by atoms with Gasteiger partial charge in [0.15, 0.2) is 0 Å². The molecule has 0 unspecified atom stereocenters. The van der Waals surface area contributed by atoms with E-state index >= 15 is 0 Å². The van der Waals surface area contributed by atoms with Crippen LogP contribution >= 0.6 is 0 Å². The van der Waals surface area contributed by atoms with Crippen LogP contribution in [0.25, 0.3) is 22.0 Å². The lowest BCUT2D eigenvalue weighted by atomic mass is 10.0. The number of hydrogen-bond donors (Lipinski definition) is 1. The summed E-state index contributed by atoms with van der Waals surface area (Å²) in [6, 6.07) is 21.8. The van der Waals surface area contributed by atoms with Gasteiger partial charge in [0.05, 0.1) is 31.5 Å². The van der Waals surface area contributed by atoms with Crippen molar-refractivity contribution in [2.75, 3.05) is 14.2 Å². The molecule has 3 aromatic carbocycles. The smallest absolute Gasteiger partial charge is 0.275 e. The van der Waals surface area contributed by atoms with Crippen molar-refractivity contribution in [1.29, 1.82) is 0 Å². The molecule has 8 nitrogen and oxygen atoms in total. The number of amides is 1. The zero-order valence-corrected chi connectivity index (χ0v) is 18.2. The Labute approximate surface area is 190 Å². The summed E-state index contributed by atoms with van der Waals surface area (Å²) in [5.41, 5.74) is 4.29. The topological polar surface area (TPSA) is 94.8 Å². The number of benzene rings is 3. The molecule has 1 N–H and O–H groups in total. The highest BCUT2D eigenvalue weighted by Crippen LogP contribution is 2.26. The second-order valence-corrected chi connectivity index (χ2v) is 7.15. The number of rotatable bonds is 7. The highest BCUT2D eigenvalue weighted by Gasteiger charge is 2.14. The second-order valence-electron chi connectivity index (χ2n) is 7.15. The Morgan fingerprint density at radius 1 is 0.939 bits per heavy atom. The van der Waals surface area contributed by atoms with E-state index in [1.165, 1.54) is 6.21 Å². The molecule has 0 spiro atoms. The first kappa shape index (κ1) is 21.8. The van der Waals surface area contributed by atoms with E-state index in [1.54, 1.807) is 38.5 Å². The predicted octanol–water partition coefficient (Wildman–Crippen LogP) is 3.23. The van der Waals surface area contributed by atoms with Gasteiger partial charge in [-0.05, 0) is 60.2 Å². The molecule has 0 radical (unpaired) electrons. The fourth-order valence-corrected chi connectivity index (χ4v) is 3.34. The molecule has 0 aliphatic heterocycles. The highest BCUT2D eigenvalue weighted by molar-refractivity contribution is 5.94. The fraction of sp³-hybridized carbons (Fsp3) is 0.120. The van der Waals surface area contributed by atoms with E-state index in [-0.39, 0.29) is 12.1 Å². The Kier molecular flexibility index (Phi) is 6.45. The molecule has 1 amide bonds. The fourth-order valence-electron chi connectivity index (χ4n) is 3.34. The Balaban J connectivity index is 1.59. The van der Waals surface area contributed by atoms with Crippen molar-refractivity contribution in [3.05, 3.63) is 88.7 Å². The van der Waals surface area contributed by atoms with Gasteiger partial charge in [0.25, 0.3) is 11.5 Å². The third-order valence-corrected chi connectivity index (χ3v) is 5.04. The van der Waals surface area contributed by atoms with Crippen LogP contribution in [-0.4, -0.2) is 36.1 Å². The third-order valence-electron chi connectivity index (χ3n) is 5.04.